The van der Waals surface area contributed by atoms with Gasteiger partial charge in [-0.2, -0.15) is 10.1 Å². The molecule has 4 aromatic rings. The highest BCUT2D eigenvalue weighted by molar-refractivity contribution is 7.14. The lowest BCUT2D eigenvalue weighted by Crippen LogP contribution is -2.31. The second kappa shape index (κ2) is 10.5. The van der Waals surface area contributed by atoms with Gasteiger partial charge < -0.3 is 29.4 Å². The van der Waals surface area contributed by atoms with Crippen LogP contribution in [0.2, 0.25) is 0 Å². The van der Waals surface area contributed by atoms with Crippen LogP contribution in [0, 0.1) is 5.92 Å². The lowest BCUT2D eigenvalue weighted by Gasteiger charge is -2.21. The van der Waals surface area contributed by atoms with Gasteiger partial charge in [-0.1, -0.05) is 0 Å². The molecule has 4 aromatic heterocycles. The van der Waals surface area contributed by atoms with Crippen molar-refractivity contribution in [2.45, 2.75) is 25.4 Å². The summed E-state index contributed by atoms with van der Waals surface area (Å²) in [7, 11) is 1.88. The van der Waals surface area contributed by atoms with Gasteiger partial charge in [0.05, 0.1) is 41.2 Å². The molecule has 2 fully saturated rings. The lowest BCUT2D eigenvalue weighted by molar-refractivity contribution is 0.0643. The maximum Gasteiger partial charge on any atom is 0.252 e. The molecule has 2 N–H and O–H groups in total. The molecule has 2 aliphatic rings. The quantitative estimate of drug-likeness (QED) is 0.361. The summed E-state index contributed by atoms with van der Waals surface area (Å²) in [6.45, 7) is 3.40. The number of aromatic nitrogens is 5. The summed E-state index contributed by atoms with van der Waals surface area (Å²) < 4.78 is 20.9. The van der Waals surface area contributed by atoms with E-state index in [0.717, 1.165) is 54.2 Å². The molecule has 0 spiro atoms. The number of carbonyl (C=O) groups excluding carboxylic acids is 1. The minimum Gasteiger partial charge on any atom is -0.470 e. The van der Waals surface area contributed by atoms with Gasteiger partial charge in [-0.05, 0) is 30.9 Å². The third-order valence-corrected chi connectivity index (χ3v) is 7.47. The molecular weight excluding hydrogens is 494 g/mol. The van der Waals surface area contributed by atoms with Gasteiger partial charge in [0, 0.05) is 51.0 Å². The van der Waals surface area contributed by atoms with Crippen LogP contribution in [0.5, 0.6) is 5.88 Å². The van der Waals surface area contributed by atoms with Crippen molar-refractivity contribution in [2.24, 2.45) is 13.0 Å². The molecule has 0 saturated carbocycles. The number of hydrogen-bond donors (Lipinski definition) is 2. The van der Waals surface area contributed by atoms with E-state index in [-0.39, 0.29) is 12.0 Å². The van der Waals surface area contributed by atoms with Gasteiger partial charge in [0.2, 0.25) is 11.8 Å². The second-order valence-electron chi connectivity index (χ2n) is 9.34. The van der Waals surface area contributed by atoms with Crippen LogP contribution in [0.4, 0.5) is 10.9 Å². The Morgan fingerprint density at radius 3 is 2.86 bits per heavy atom. The molecule has 0 aliphatic carbocycles. The normalized spacial score (nSPS) is 18.4. The Labute approximate surface area is 217 Å². The van der Waals surface area contributed by atoms with E-state index in [4.69, 9.17) is 24.2 Å². The highest BCUT2D eigenvalue weighted by Crippen LogP contribution is 2.31. The predicted molar refractivity (Wildman–Crippen MR) is 139 cm³/mol. The Morgan fingerprint density at radius 1 is 1.22 bits per heavy atom. The average Bonchev–Trinajstić information content (AvgIpc) is 3.71. The summed E-state index contributed by atoms with van der Waals surface area (Å²) in [4.78, 5) is 22.1. The average molecular weight is 524 g/mol. The van der Waals surface area contributed by atoms with Crippen LogP contribution in [0.3, 0.4) is 0 Å². The van der Waals surface area contributed by atoms with Gasteiger partial charge in [-0.15, -0.1) is 11.3 Å². The number of carbonyl (C=O) groups is 1. The van der Waals surface area contributed by atoms with E-state index in [0.29, 0.717) is 43.1 Å². The number of amides is 1. The van der Waals surface area contributed by atoms with Crippen molar-refractivity contribution < 1.29 is 19.0 Å². The monoisotopic (exact) mass is 523 g/mol. The Morgan fingerprint density at radius 2 is 2.08 bits per heavy atom. The van der Waals surface area contributed by atoms with Crippen molar-refractivity contribution >= 4 is 39.2 Å². The third kappa shape index (κ3) is 5.31. The van der Waals surface area contributed by atoms with E-state index >= 15 is 0 Å². The highest BCUT2D eigenvalue weighted by Gasteiger charge is 2.23. The van der Waals surface area contributed by atoms with Gasteiger partial charge >= 0.3 is 0 Å². The number of nitrogens with one attached hydrogen (secondary N) is 2. The van der Waals surface area contributed by atoms with Crippen molar-refractivity contribution in [1.82, 2.24) is 29.6 Å². The minimum absolute atomic E-state index is 0.0732. The van der Waals surface area contributed by atoms with Gasteiger partial charge in [0.1, 0.15) is 11.6 Å². The lowest BCUT2D eigenvalue weighted by atomic mass is 10.0. The molecule has 2 saturated heterocycles. The smallest absolute Gasteiger partial charge is 0.252 e. The number of hydrogen-bond acceptors (Lipinski definition) is 9. The van der Waals surface area contributed by atoms with E-state index in [2.05, 4.69) is 15.7 Å². The zero-order valence-corrected chi connectivity index (χ0v) is 21.4. The first-order valence-corrected chi connectivity index (χ1v) is 13.3. The van der Waals surface area contributed by atoms with E-state index in [1.165, 1.54) is 11.3 Å². The van der Waals surface area contributed by atoms with Crippen LogP contribution in [0.15, 0.2) is 36.1 Å². The Hall–Kier alpha value is -3.48. The molecule has 194 valence electrons. The molecule has 37 heavy (non-hydrogen) atoms. The minimum atomic E-state index is -0.0778. The van der Waals surface area contributed by atoms with Gasteiger partial charge in [0.15, 0.2) is 0 Å². The number of fused-ring (bicyclic) bond motifs is 1. The fourth-order valence-corrected chi connectivity index (χ4v) is 5.36. The van der Waals surface area contributed by atoms with Crippen molar-refractivity contribution in [1.29, 1.82) is 0 Å². The first-order valence-electron chi connectivity index (χ1n) is 12.5. The van der Waals surface area contributed by atoms with Crippen LogP contribution < -0.4 is 15.4 Å². The zero-order valence-electron chi connectivity index (χ0n) is 20.6. The first kappa shape index (κ1) is 23.9. The Balaban J connectivity index is 1.22. The van der Waals surface area contributed by atoms with Crippen LogP contribution >= 0.6 is 11.3 Å². The third-order valence-electron chi connectivity index (χ3n) is 6.63. The fraction of sp³-hybridized carbons (Fsp3) is 0.440. The number of nitrogens with zero attached hydrogens (tertiary/aromatic N) is 5. The van der Waals surface area contributed by atoms with Crippen LogP contribution in [-0.2, 0) is 16.5 Å². The summed E-state index contributed by atoms with van der Waals surface area (Å²) in [6, 6.07) is 3.75. The van der Waals surface area contributed by atoms with E-state index in [1.54, 1.807) is 10.9 Å². The van der Waals surface area contributed by atoms with Gasteiger partial charge in [0.25, 0.3) is 5.91 Å². The van der Waals surface area contributed by atoms with E-state index in [9.17, 15) is 4.79 Å². The summed E-state index contributed by atoms with van der Waals surface area (Å²) in [6.07, 6.45) is 8.34. The highest BCUT2D eigenvalue weighted by atomic mass is 32.1. The molecule has 1 atom stereocenters. The molecule has 12 heteroatoms. The molecular formula is C25H29N7O4S. The zero-order chi connectivity index (χ0) is 25.2. The van der Waals surface area contributed by atoms with Crippen molar-refractivity contribution in [2.75, 3.05) is 38.3 Å². The maximum absolute atomic E-state index is 12.7. The van der Waals surface area contributed by atoms with Crippen molar-refractivity contribution in [3.63, 3.8) is 0 Å². The van der Waals surface area contributed by atoms with Gasteiger partial charge in [-0.3, -0.25) is 9.48 Å². The molecule has 0 aromatic carbocycles. The number of thiophene rings is 1. The predicted octanol–water partition coefficient (Wildman–Crippen LogP) is 3.28. The molecule has 1 amide bonds. The topological polar surface area (TPSA) is 117 Å². The fourth-order valence-electron chi connectivity index (χ4n) is 4.58. The summed E-state index contributed by atoms with van der Waals surface area (Å²) >= 11 is 1.43. The van der Waals surface area contributed by atoms with Crippen molar-refractivity contribution in [3.05, 3.63) is 41.7 Å². The molecule has 6 heterocycles. The Bertz CT molecular complexity index is 1380. The summed E-state index contributed by atoms with van der Waals surface area (Å²) in [5.41, 5.74) is 3.01. The SMILES string of the molecule is Cn1cc(-n2ccc3nc(Nc4cc(C(=O)NCC5CCOCC5)cs4)nc(O[C@@H]4CCOC4)c32)cn1. The molecule has 11 nitrogen and oxygen atoms in total. The molecule has 0 bridgehead atoms. The van der Waals surface area contributed by atoms with E-state index < -0.39 is 0 Å². The van der Waals surface area contributed by atoms with Crippen LogP contribution in [-0.4, -0.2) is 69.3 Å². The number of rotatable bonds is 8. The van der Waals surface area contributed by atoms with Crippen molar-refractivity contribution in [3.8, 4) is 11.6 Å². The summed E-state index contributed by atoms with van der Waals surface area (Å²) in [5, 5.41) is 13.2. The first-order chi connectivity index (χ1) is 18.1. The molecule has 0 radical (unpaired) electrons. The van der Waals surface area contributed by atoms with E-state index in [1.807, 2.05) is 41.5 Å². The molecule has 6 rings (SSSR count). The standard InChI is InChI=1S/C25H29N7O4S/c1-31-13-18(12-27-31)32-6-2-20-22(32)24(36-19-5-9-35-14-19)30-25(28-20)29-21-10-17(15-37-21)23(33)26-11-16-3-7-34-8-4-16/h2,6,10,12-13,15-16,19H,3-5,7-9,11,14H2,1H3,(H,26,33)(H,28,29,30)/t19-/m1/s1. The summed E-state index contributed by atoms with van der Waals surface area (Å²) in [5.74, 6) is 1.27. The largest absolute Gasteiger partial charge is 0.470 e. The van der Waals surface area contributed by atoms with Gasteiger partial charge in [-0.25, -0.2) is 4.98 Å². The van der Waals surface area contributed by atoms with Crippen LogP contribution in [0.1, 0.15) is 29.6 Å². The second-order valence-corrected chi connectivity index (χ2v) is 10.2. The number of aryl methyl sites for hydroxylation is 1. The maximum atomic E-state index is 12.7. The molecule has 0 unspecified atom stereocenters. The van der Waals surface area contributed by atoms with Crippen LogP contribution in [0.25, 0.3) is 16.7 Å². The number of ether oxygens (including phenoxy) is 3. The molecule has 2 aliphatic heterocycles. The number of anilines is 2. The Kier molecular flexibility index (Phi) is 6.77.